The van der Waals surface area contributed by atoms with Crippen LogP contribution in [0.2, 0.25) is 0 Å². The predicted molar refractivity (Wildman–Crippen MR) is 126 cm³/mol. The number of hydrogen-bond donors (Lipinski definition) is 1. The summed E-state index contributed by atoms with van der Waals surface area (Å²) in [4.78, 5) is 12.7. The van der Waals surface area contributed by atoms with Crippen LogP contribution in [0.3, 0.4) is 0 Å². The van der Waals surface area contributed by atoms with E-state index in [1.807, 2.05) is 86.6 Å². The van der Waals surface area contributed by atoms with Crippen LogP contribution >= 0.6 is 15.9 Å². The van der Waals surface area contributed by atoms with E-state index in [0.717, 1.165) is 21.2 Å². The molecule has 156 valence electrons. The van der Waals surface area contributed by atoms with E-state index in [2.05, 4.69) is 27.3 Å². The van der Waals surface area contributed by atoms with Crippen molar-refractivity contribution in [1.82, 2.24) is 5.32 Å². The Balaban J connectivity index is 1.80. The second-order valence-corrected chi connectivity index (χ2v) is 8.15. The van der Waals surface area contributed by atoms with Crippen LogP contribution in [0, 0.1) is 18.3 Å². The summed E-state index contributed by atoms with van der Waals surface area (Å²) >= 11 is 3.45. The highest BCUT2D eigenvalue weighted by Crippen LogP contribution is 2.27. The van der Waals surface area contributed by atoms with Crippen LogP contribution in [-0.2, 0) is 11.4 Å². The first kappa shape index (κ1) is 22.3. The molecule has 1 unspecified atom stereocenters. The first-order valence-corrected chi connectivity index (χ1v) is 10.7. The third-order valence-electron chi connectivity index (χ3n) is 4.76. The van der Waals surface area contributed by atoms with Crippen molar-refractivity contribution in [3.8, 4) is 11.8 Å². The van der Waals surface area contributed by atoms with Crippen molar-refractivity contribution >= 4 is 27.9 Å². The van der Waals surface area contributed by atoms with Gasteiger partial charge < -0.3 is 10.1 Å². The summed E-state index contributed by atoms with van der Waals surface area (Å²) < 4.78 is 6.83. The zero-order valence-electron chi connectivity index (χ0n) is 17.4. The van der Waals surface area contributed by atoms with Gasteiger partial charge in [-0.3, -0.25) is 4.79 Å². The van der Waals surface area contributed by atoms with E-state index >= 15 is 0 Å². The molecule has 0 saturated carbocycles. The summed E-state index contributed by atoms with van der Waals surface area (Å²) in [6.45, 7) is 4.31. The molecule has 0 heterocycles. The topological polar surface area (TPSA) is 62.1 Å². The molecule has 0 bridgehead atoms. The van der Waals surface area contributed by atoms with E-state index in [9.17, 15) is 10.1 Å². The fourth-order valence-electron chi connectivity index (χ4n) is 3.13. The van der Waals surface area contributed by atoms with Crippen LogP contribution in [0.4, 0.5) is 0 Å². The standard InChI is InChI=1S/C26H23BrN2O2/c1-18-7-6-8-20(13-18)17-31-25-12-11-24(27)15-22(25)14-23(16-28)26(30)29-19(2)21-9-4-3-5-10-21/h3-15,19H,17H2,1-2H3,(H,29,30)/b23-14+. The Morgan fingerprint density at radius 1 is 1.13 bits per heavy atom. The van der Waals surface area contributed by atoms with Gasteiger partial charge in [-0.05, 0) is 49.2 Å². The van der Waals surface area contributed by atoms with E-state index in [4.69, 9.17) is 4.74 Å². The first-order valence-electron chi connectivity index (χ1n) is 9.92. The zero-order chi connectivity index (χ0) is 22.2. The molecule has 1 atom stereocenters. The molecule has 0 spiro atoms. The minimum atomic E-state index is -0.427. The van der Waals surface area contributed by atoms with E-state index in [-0.39, 0.29) is 11.6 Å². The monoisotopic (exact) mass is 474 g/mol. The summed E-state index contributed by atoms with van der Waals surface area (Å²) in [7, 11) is 0. The van der Waals surface area contributed by atoms with E-state index < -0.39 is 5.91 Å². The number of aryl methyl sites for hydroxylation is 1. The Labute approximate surface area is 191 Å². The van der Waals surface area contributed by atoms with Crippen molar-refractivity contribution in [2.24, 2.45) is 0 Å². The highest BCUT2D eigenvalue weighted by molar-refractivity contribution is 9.10. The van der Waals surface area contributed by atoms with E-state index in [1.54, 1.807) is 6.08 Å². The molecular weight excluding hydrogens is 452 g/mol. The number of halogens is 1. The number of ether oxygens (including phenoxy) is 1. The average molecular weight is 475 g/mol. The van der Waals surface area contributed by atoms with Crippen LogP contribution in [0.25, 0.3) is 6.08 Å². The summed E-state index contributed by atoms with van der Waals surface area (Å²) in [5, 5.41) is 12.5. The van der Waals surface area contributed by atoms with Gasteiger partial charge in [0.05, 0.1) is 6.04 Å². The number of carbonyl (C=O) groups excluding carboxylic acids is 1. The Morgan fingerprint density at radius 2 is 1.90 bits per heavy atom. The minimum Gasteiger partial charge on any atom is -0.488 e. The molecule has 0 aliphatic rings. The lowest BCUT2D eigenvalue weighted by molar-refractivity contribution is -0.117. The summed E-state index contributed by atoms with van der Waals surface area (Å²) in [5.74, 6) is 0.171. The fourth-order valence-corrected chi connectivity index (χ4v) is 3.51. The largest absolute Gasteiger partial charge is 0.488 e. The number of carbonyl (C=O) groups is 1. The van der Waals surface area contributed by atoms with Crippen LogP contribution in [0.5, 0.6) is 5.75 Å². The zero-order valence-corrected chi connectivity index (χ0v) is 19.0. The van der Waals surface area contributed by atoms with Crippen molar-refractivity contribution in [1.29, 1.82) is 5.26 Å². The molecule has 3 rings (SSSR count). The maximum absolute atomic E-state index is 12.7. The van der Waals surface area contributed by atoms with E-state index in [0.29, 0.717) is 17.9 Å². The molecule has 5 heteroatoms. The van der Waals surface area contributed by atoms with Gasteiger partial charge in [0.25, 0.3) is 5.91 Å². The van der Waals surface area contributed by atoms with Gasteiger partial charge in [-0.2, -0.15) is 5.26 Å². The SMILES string of the molecule is Cc1cccc(COc2ccc(Br)cc2/C=C(\C#N)C(=O)NC(C)c2ccccc2)c1. The normalized spacial score (nSPS) is 12.0. The summed E-state index contributed by atoms with van der Waals surface area (Å²) in [6, 6.07) is 25.0. The summed E-state index contributed by atoms with van der Waals surface area (Å²) in [6.07, 6.45) is 1.56. The van der Waals surface area contributed by atoms with E-state index in [1.165, 1.54) is 0 Å². The highest BCUT2D eigenvalue weighted by atomic mass is 79.9. The van der Waals surface area contributed by atoms with Crippen LogP contribution < -0.4 is 10.1 Å². The maximum Gasteiger partial charge on any atom is 0.262 e. The smallest absolute Gasteiger partial charge is 0.262 e. The molecule has 31 heavy (non-hydrogen) atoms. The molecule has 0 fully saturated rings. The molecule has 4 nitrogen and oxygen atoms in total. The van der Waals surface area contributed by atoms with Crippen molar-refractivity contribution < 1.29 is 9.53 Å². The Kier molecular flexibility index (Phi) is 7.64. The average Bonchev–Trinajstić information content (AvgIpc) is 2.77. The number of nitrogens with one attached hydrogen (secondary N) is 1. The molecule has 0 aliphatic carbocycles. The van der Waals surface area contributed by atoms with Crippen molar-refractivity contribution in [3.05, 3.63) is 105 Å². The quantitative estimate of drug-likeness (QED) is 0.331. The third kappa shape index (κ3) is 6.31. The lowest BCUT2D eigenvalue weighted by Crippen LogP contribution is -2.27. The van der Waals surface area contributed by atoms with Gasteiger partial charge in [0, 0.05) is 10.0 Å². The van der Waals surface area contributed by atoms with Gasteiger partial charge in [0.1, 0.15) is 24.0 Å². The fraction of sp³-hybridized carbons (Fsp3) is 0.154. The Bertz CT molecular complexity index is 1130. The molecule has 3 aromatic rings. The maximum atomic E-state index is 12.7. The number of rotatable bonds is 7. The number of nitriles is 1. The van der Waals surface area contributed by atoms with Gasteiger partial charge in [-0.15, -0.1) is 0 Å². The van der Waals surface area contributed by atoms with Crippen molar-refractivity contribution in [2.45, 2.75) is 26.5 Å². The van der Waals surface area contributed by atoms with Gasteiger partial charge >= 0.3 is 0 Å². The number of benzene rings is 3. The van der Waals surface area contributed by atoms with Gasteiger partial charge in [-0.25, -0.2) is 0 Å². The second-order valence-electron chi connectivity index (χ2n) is 7.24. The van der Waals surface area contributed by atoms with Crippen molar-refractivity contribution in [2.75, 3.05) is 0 Å². The van der Waals surface area contributed by atoms with Crippen LogP contribution in [0.1, 0.15) is 35.2 Å². The third-order valence-corrected chi connectivity index (χ3v) is 5.25. The minimum absolute atomic E-state index is 0.0151. The van der Waals surface area contributed by atoms with Gasteiger partial charge in [0.2, 0.25) is 0 Å². The Hall–Kier alpha value is -3.36. The molecule has 0 saturated heterocycles. The van der Waals surface area contributed by atoms with Crippen LogP contribution in [0.15, 0.2) is 82.8 Å². The molecule has 0 aromatic heterocycles. The molecule has 1 amide bonds. The first-order chi connectivity index (χ1) is 15.0. The number of amides is 1. The predicted octanol–water partition coefficient (Wildman–Crippen LogP) is 6.12. The summed E-state index contributed by atoms with van der Waals surface area (Å²) in [5.41, 5.74) is 3.85. The molecule has 1 N–H and O–H groups in total. The molecule has 0 aliphatic heterocycles. The lowest BCUT2D eigenvalue weighted by Gasteiger charge is -2.14. The second kappa shape index (κ2) is 10.6. The van der Waals surface area contributed by atoms with Gasteiger partial charge in [0.15, 0.2) is 0 Å². The van der Waals surface area contributed by atoms with Gasteiger partial charge in [-0.1, -0.05) is 76.1 Å². The molecule has 3 aromatic carbocycles. The number of hydrogen-bond acceptors (Lipinski definition) is 3. The van der Waals surface area contributed by atoms with Crippen molar-refractivity contribution in [3.63, 3.8) is 0 Å². The number of nitrogens with zero attached hydrogens (tertiary/aromatic N) is 1. The molecular formula is C26H23BrN2O2. The Morgan fingerprint density at radius 3 is 2.61 bits per heavy atom. The lowest BCUT2D eigenvalue weighted by atomic mass is 10.1. The highest BCUT2D eigenvalue weighted by Gasteiger charge is 2.15. The molecule has 0 radical (unpaired) electrons. The van der Waals surface area contributed by atoms with Crippen LogP contribution in [-0.4, -0.2) is 5.91 Å².